The van der Waals surface area contributed by atoms with Crippen LogP contribution in [0, 0.1) is 17.3 Å². The number of para-hydroxylation sites is 1. The van der Waals surface area contributed by atoms with Gasteiger partial charge < -0.3 is 20.9 Å². The molecule has 3 fully saturated rings. The summed E-state index contributed by atoms with van der Waals surface area (Å²) in [5.74, 6) is -0.161. The van der Waals surface area contributed by atoms with Crippen LogP contribution in [0.15, 0.2) is 30.3 Å². The minimum Gasteiger partial charge on any atom is -0.356 e. The highest BCUT2D eigenvalue weighted by atomic mass is 16.2. The Bertz CT molecular complexity index is 897. The maximum Gasteiger partial charge on any atom is 0.242 e. The normalized spacial score (nSPS) is 24.5. The molecule has 3 atom stereocenters. The lowest BCUT2D eigenvalue weighted by atomic mass is 10.0. The van der Waals surface area contributed by atoms with Crippen LogP contribution in [0.1, 0.15) is 46.0 Å². The molecule has 2 saturated carbocycles. The fourth-order valence-corrected chi connectivity index (χ4v) is 4.49. The number of likely N-dealkylation sites (tertiary alicyclic amines) is 1. The van der Waals surface area contributed by atoms with Gasteiger partial charge >= 0.3 is 0 Å². The van der Waals surface area contributed by atoms with E-state index in [1.165, 1.54) is 0 Å². The van der Waals surface area contributed by atoms with E-state index in [1.54, 1.807) is 17.0 Å². The number of carbonyl (C=O) groups excluding carboxylic acids is 4. The Kier molecular flexibility index (Phi) is 6.22. The fourth-order valence-electron chi connectivity index (χ4n) is 4.49. The van der Waals surface area contributed by atoms with Crippen LogP contribution in [0.25, 0.3) is 0 Å². The molecular weight excluding hydrogens is 408 g/mol. The number of hydrogen-bond donors (Lipinski definition) is 3. The Hall–Kier alpha value is -2.90. The van der Waals surface area contributed by atoms with Crippen LogP contribution in [-0.2, 0) is 19.2 Å². The van der Waals surface area contributed by atoms with Crippen molar-refractivity contribution in [1.82, 2.24) is 15.5 Å². The summed E-state index contributed by atoms with van der Waals surface area (Å²) in [6.45, 7) is 4.88. The number of nitrogens with one attached hydrogen (secondary N) is 3. The van der Waals surface area contributed by atoms with Gasteiger partial charge in [-0.3, -0.25) is 19.2 Å². The van der Waals surface area contributed by atoms with Crippen molar-refractivity contribution in [3.8, 4) is 0 Å². The third-order valence-electron chi connectivity index (χ3n) is 6.63. The number of anilines is 1. The number of carbonyl (C=O) groups is 4. The number of amides is 4. The molecule has 1 aromatic rings. The predicted molar refractivity (Wildman–Crippen MR) is 119 cm³/mol. The van der Waals surface area contributed by atoms with E-state index in [9.17, 15) is 19.2 Å². The van der Waals surface area contributed by atoms with Crippen molar-refractivity contribution in [3.63, 3.8) is 0 Å². The van der Waals surface area contributed by atoms with E-state index in [4.69, 9.17) is 0 Å². The van der Waals surface area contributed by atoms with Crippen molar-refractivity contribution in [1.29, 1.82) is 0 Å². The molecule has 0 unspecified atom stereocenters. The van der Waals surface area contributed by atoms with Crippen LogP contribution in [0.3, 0.4) is 0 Å². The van der Waals surface area contributed by atoms with E-state index in [1.807, 2.05) is 32.0 Å². The van der Waals surface area contributed by atoms with Gasteiger partial charge in [0.15, 0.2) is 0 Å². The predicted octanol–water partition coefficient (Wildman–Crippen LogP) is 1.67. The van der Waals surface area contributed by atoms with E-state index < -0.39 is 11.5 Å². The first kappa shape index (κ1) is 22.3. The minimum absolute atomic E-state index is 0.0505. The molecule has 3 N–H and O–H groups in total. The first-order valence-electron chi connectivity index (χ1n) is 11.6. The Balaban J connectivity index is 1.34. The lowest BCUT2D eigenvalue weighted by Gasteiger charge is -2.30. The van der Waals surface area contributed by atoms with Gasteiger partial charge in [-0.05, 0) is 49.7 Å². The minimum atomic E-state index is -1.07. The van der Waals surface area contributed by atoms with Gasteiger partial charge in [0, 0.05) is 31.2 Å². The van der Waals surface area contributed by atoms with Gasteiger partial charge in [0.2, 0.25) is 23.6 Å². The third kappa shape index (κ3) is 4.64. The second kappa shape index (κ2) is 8.92. The smallest absolute Gasteiger partial charge is 0.242 e. The first-order valence-corrected chi connectivity index (χ1v) is 11.6. The molecule has 8 heteroatoms. The molecule has 0 aromatic heterocycles. The zero-order valence-electron chi connectivity index (χ0n) is 18.7. The number of benzene rings is 1. The SMILES string of the molecule is CC(C)CNC(=O)CCNC(=O)[C@@H]1C[C@H]2C[C@H]2N1C(=O)C1(C(=O)Nc2ccccc2)CC1. The second-order valence-corrected chi connectivity index (χ2v) is 9.67. The zero-order valence-corrected chi connectivity index (χ0v) is 18.7. The summed E-state index contributed by atoms with van der Waals surface area (Å²) in [5, 5.41) is 8.50. The highest BCUT2D eigenvalue weighted by Crippen LogP contribution is 2.54. The van der Waals surface area contributed by atoms with Crippen LogP contribution >= 0.6 is 0 Å². The van der Waals surface area contributed by atoms with E-state index in [0.717, 1.165) is 6.42 Å². The summed E-state index contributed by atoms with van der Waals surface area (Å²) >= 11 is 0. The monoisotopic (exact) mass is 440 g/mol. The van der Waals surface area contributed by atoms with Gasteiger partial charge in [-0.1, -0.05) is 32.0 Å². The molecule has 172 valence electrons. The molecule has 1 heterocycles. The van der Waals surface area contributed by atoms with Gasteiger partial charge in [-0.2, -0.15) is 0 Å². The van der Waals surface area contributed by atoms with Gasteiger partial charge in [-0.15, -0.1) is 0 Å². The van der Waals surface area contributed by atoms with E-state index in [0.29, 0.717) is 43.3 Å². The summed E-state index contributed by atoms with van der Waals surface area (Å²) in [7, 11) is 0. The number of piperidine rings is 1. The molecule has 0 spiro atoms. The standard InChI is InChI=1S/C24H32N4O4/c1-15(2)14-26-20(29)8-11-25-21(30)19-13-16-12-18(16)28(19)23(32)24(9-10-24)22(31)27-17-6-4-3-5-7-17/h3-7,15-16,18-19H,8-14H2,1-2H3,(H,25,30)(H,26,29)(H,27,31)/t16-,18-,19+/m1/s1. The quantitative estimate of drug-likeness (QED) is 0.508. The highest BCUT2D eigenvalue weighted by Gasteiger charge is 2.64. The second-order valence-electron chi connectivity index (χ2n) is 9.67. The van der Waals surface area contributed by atoms with E-state index >= 15 is 0 Å². The van der Waals surface area contributed by atoms with Crippen molar-refractivity contribution < 1.29 is 19.2 Å². The van der Waals surface area contributed by atoms with Gasteiger partial charge in [0.05, 0.1) is 0 Å². The molecule has 0 bridgehead atoms. The van der Waals surface area contributed by atoms with Crippen LogP contribution < -0.4 is 16.0 Å². The molecule has 2 aliphatic carbocycles. The number of nitrogens with zero attached hydrogens (tertiary/aromatic N) is 1. The Morgan fingerprint density at radius 3 is 2.44 bits per heavy atom. The van der Waals surface area contributed by atoms with E-state index in [2.05, 4.69) is 16.0 Å². The van der Waals surface area contributed by atoms with Crippen LogP contribution in [-0.4, -0.2) is 53.7 Å². The average Bonchev–Trinajstić information content (AvgIpc) is 3.69. The molecule has 32 heavy (non-hydrogen) atoms. The van der Waals surface area contributed by atoms with Gasteiger partial charge in [0.25, 0.3) is 0 Å². The summed E-state index contributed by atoms with van der Waals surface area (Å²) in [4.78, 5) is 52.8. The molecule has 1 aromatic carbocycles. The molecular formula is C24H32N4O4. The topological polar surface area (TPSA) is 108 Å². The van der Waals surface area contributed by atoms with Crippen molar-refractivity contribution in [2.75, 3.05) is 18.4 Å². The van der Waals surface area contributed by atoms with Crippen LogP contribution in [0.5, 0.6) is 0 Å². The fraction of sp³-hybridized carbons (Fsp3) is 0.583. The van der Waals surface area contributed by atoms with Crippen molar-refractivity contribution in [2.24, 2.45) is 17.3 Å². The Morgan fingerprint density at radius 2 is 1.78 bits per heavy atom. The Morgan fingerprint density at radius 1 is 1.06 bits per heavy atom. The van der Waals surface area contributed by atoms with Crippen LogP contribution in [0.4, 0.5) is 5.69 Å². The molecule has 1 aliphatic heterocycles. The summed E-state index contributed by atoms with van der Waals surface area (Å²) in [6.07, 6.45) is 2.72. The molecule has 4 amide bonds. The molecule has 0 radical (unpaired) electrons. The van der Waals surface area contributed by atoms with E-state index in [-0.39, 0.29) is 42.6 Å². The Labute approximate surface area is 188 Å². The molecule has 4 rings (SSSR count). The molecule has 1 saturated heterocycles. The number of hydrogen-bond acceptors (Lipinski definition) is 4. The number of rotatable bonds is 9. The summed E-state index contributed by atoms with van der Waals surface area (Å²) < 4.78 is 0. The first-order chi connectivity index (χ1) is 15.3. The van der Waals surface area contributed by atoms with Gasteiger partial charge in [-0.25, -0.2) is 0 Å². The van der Waals surface area contributed by atoms with Crippen LogP contribution in [0.2, 0.25) is 0 Å². The zero-order chi connectivity index (χ0) is 22.9. The van der Waals surface area contributed by atoms with Crippen molar-refractivity contribution in [3.05, 3.63) is 30.3 Å². The van der Waals surface area contributed by atoms with Gasteiger partial charge in [0.1, 0.15) is 11.5 Å². The molecule has 3 aliphatic rings. The maximum absolute atomic E-state index is 13.5. The summed E-state index contributed by atoms with van der Waals surface area (Å²) in [6, 6.07) is 8.59. The lowest BCUT2D eigenvalue weighted by molar-refractivity contribution is -0.147. The number of fused-ring (bicyclic) bond motifs is 1. The van der Waals surface area contributed by atoms with Crippen molar-refractivity contribution in [2.45, 2.75) is 58.0 Å². The lowest BCUT2D eigenvalue weighted by Crippen LogP contribution is -2.52. The third-order valence-corrected chi connectivity index (χ3v) is 6.63. The van der Waals surface area contributed by atoms with Crippen molar-refractivity contribution >= 4 is 29.3 Å². The summed E-state index contributed by atoms with van der Waals surface area (Å²) in [5.41, 5.74) is -0.407. The largest absolute Gasteiger partial charge is 0.356 e. The molecule has 8 nitrogen and oxygen atoms in total. The maximum atomic E-state index is 13.5. The average molecular weight is 441 g/mol. The highest BCUT2D eigenvalue weighted by molar-refractivity contribution is 6.14.